The minimum absolute atomic E-state index is 0.123. The van der Waals surface area contributed by atoms with Crippen LogP contribution in [-0.4, -0.2) is 0 Å². The lowest BCUT2D eigenvalue weighted by Gasteiger charge is -2.46. The average molecular weight is 785 g/mol. The second-order valence-electron chi connectivity index (χ2n) is 12.3. The van der Waals surface area contributed by atoms with Gasteiger partial charge in [0.15, 0.2) is 11.5 Å². The second-order valence-corrected chi connectivity index (χ2v) is 12.3. The summed E-state index contributed by atoms with van der Waals surface area (Å²) in [5.74, 6) is -2.12. The molecule has 2 aliphatic heterocycles. The van der Waals surface area contributed by atoms with E-state index in [0.717, 1.165) is 0 Å². The SMILES string of the molecule is [2H]c1c([2H])c([2H])c(-c2c([2H])c([2H])c(N(c3c([2H])c([2H])c(-c4c([2H])c([2H])c([2H])c([2H])c4[2H])c([2H])c3[2H])c3c([2H])c([2H])c(-c4c([2H])c([2H])c5c6c4C(C([2H])([2H])[2H])(C([2H])([2H])[2H])c4c([2H])c([2H])c([2H])c([2H])c4N6c4c(c([2H])c([2H])c6c([2H])c([2H])c([2H])c([2H])c46)O5)c([2H])c3[2H])c([2H])c2[2H])c([2H])c1[2H]. The van der Waals surface area contributed by atoms with Crippen molar-refractivity contribution in [2.45, 2.75) is 19.1 Å². The molecule has 9 aromatic rings. The number of anilines is 6. The lowest BCUT2D eigenvalue weighted by Crippen LogP contribution is -2.33. The first kappa shape index (κ1) is 12.3. The second kappa shape index (κ2) is 13.4. The lowest BCUT2D eigenvalue weighted by atomic mass is 9.70. The summed E-state index contributed by atoms with van der Waals surface area (Å²) in [7, 11) is 0. The number of ether oxygens (including phenoxy) is 1. The van der Waals surface area contributed by atoms with Crippen molar-refractivity contribution >= 4 is 44.9 Å². The van der Waals surface area contributed by atoms with E-state index in [2.05, 4.69) is 0 Å². The van der Waals surface area contributed by atoms with Crippen LogP contribution >= 0.6 is 0 Å². The monoisotopic (exact) mass is 785 g/mol. The summed E-state index contributed by atoms with van der Waals surface area (Å²) < 4.78 is 373. The van der Waals surface area contributed by atoms with Gasteiger partial charge in [-0.25, -0.2) is 0 Å². The van der Waals surface area contributed by atoms with Gasteiger partial charge in [0.25, 0.3) is 0 Å². The minimum Gasteiger partial charge on any atom is -0.453 e. The highest BCUT2D eigenvalue weighted by Crippen LogP contribution is 2.62. The average Bonchev–Trinajstić information content (AvgIpc) is 0.652. The first-order valence-electron chi connectivity index (χ1n) is 36.7. The van der Waals surface area contributed by atoms with Crippen molar-refractivity contribution in [3.05, 3.63) is 217 Å². The van der Waals surface area contributed by atoms with Crippen LogP contribution in [0.4, 0.5) is 34.1 Å². The Morgan fingerprint density at radius 3 is 1.59 bits per heavy atom. The zero-order valence-corrected chi connectivity index (χ0v) is 28.8. The van der Waals surface area contributed by atoms with Crippen molar-refractivity contribution in [1.82, 2.24) is 0 Å². The molecule has 0 N–H and O–H groups in total. The van der Waals surface area contributed by atoms with Gasteiger partial charge < -0.3 is 14.5 Å². The number of fused-ring (bicyclic) bond motifs is 6. The van der Waals surface area contributed by atoms with E-state index >= 15 is 0 Å². The van der Waals surface area contributed by atoms with Gasteiger partial charge in [-0.3, -0.25) is 0 Å². The Morgan fingerprint density at radius 1 is 0.466 bits per heavy atom. The first-order valence-corrected chi connectivity index (χ1v) is 16.7. The Morgan fingerprint density at radius 2 is 0.966 bits per heavy atom. The fraction of sp³-hybridized carbons (Fsp3) is 0.0545. The molecule has 2 heterocycles. The van der Waals surface area contributed by atoms with Gasteiger partial charge in [-0.15, -0.1) is 0 Å². The van der Waals surface area contributed by atoms with Crippen LogP contribution in [0.5, 0.6) is 11.5 Å². The number of nitrogens with zero attached hydrogens (tertiary/aromatic N) is 2. The van der Waals surface area contributed by atoms with Crippen molar-refractivity contribution in [3.8, 4) is 44.9 Å². The van der Waals surface area contributed by atoms with Gasteiger partial charge in [-0.1, -0.05) is 165 Å². The standard InChI is InChI=1S/C55H40N2O/c1-55(2)48-19-11-12-20-49(48)57-53-47-18-10-9-17-41(47)27-35-50(53)58-51-36-34-46(52(55)54(51)57)42-25-32-45(33-26-42)56(43-28-21-39(22-29-43)37-13-5-3-6-14-37)44-30-23-40(24-31-44)38-15-7-4-8-16-38/h3-36H,1-2H3/i1D3,2D3,3D,4D,5D,6D,7D,8D,9D,10D,11D,12D,13D,14D,15D,16D,17D,18D,19D,20D,21D,22D,23D,24D,25D,26D,27D,28D,29D,30D,31D,32D,33D,34D,35D,36D. The molecule has 0 unspecified atom stereocenters. The third-order valence-corrected chi connectivity index (χ3v) is 8.99. The molecule has 0 saturated heterocycles. The van der Waals surface area contributed by atoms with Crippen LogP contribution in [0, 0.1) is 0 Å². The molecule has 0 fully saturated rings. The molecular formula is C55H40N2O. The molecule has 0 aromatic heterocycles. The van der Waals surface area contributed by atoms with Crippen molar-refractivity contribution in [2.24, 2.45) is 0 Å². The summed E-state index contributed by atoms with van der Waals surface area (Å²) in [4.78, 5) is 0.686. The molecule has 2 aliphatic rings. The molecule has 0 spiro atoms. The van der Waals surface area contributed by atoms with Gasteiger partial charge >= 0.3 is 0 Å². The number of hydrogen-bond acceptors (Lipinski definition) is 3. The summed E-state index contributed by atoms with van der Waals surface area (Å²) >= 11 is 0. The van der Waals surface area contributed by atoms with Gasteiger partial charge in [0.1, 0.15) is 0 Å². The number of benzene rings is 9. The van der Waals surface area contributed by atoms with E-state index in [1.54, 1.807) is 0 Å². The van der Waals surface area contributed by atoms with Crippen LogP contribution in [0.25, 0.3) is 44.2 Å². The normalized spacial score (nSPS) is 23.4. The number of hydrogen-bond donors (Lipinski definition) is 0. The zero-order chi connectivity index (χ0) is 73.4. The molecule has 0 saturated carbocycles. The highest BCUT2D eigenvalue weighted by Gasteiger charge is 2.43. The van der Waals surface area contributed by atoms with Crippen LogP contribution in [0.2, 0.25) is 0 Å². The van der Waals surface area contributed by atoms with E-state index in [1.165, 1.54) is 0 Å². The zero-order valence-electron chi connectivity index (χ0n) is 68.8. The third kappa shape index (κ3) is 5.43. The summed E-state index contributed by atoms with van der Waals surface area (Å²) in [6, 6.07) is -42.0. The van der Waals surface area contributed by atoms with E-state index in [-0.39, 0.29) is 4.90 Å². The van der Waals surface area contributed by atoms with Gasteiger partial charge in [-0.05, 0) is 104 Å². The summed E-state index contributed by atoms with van der Waals surface area (Å²) in [6.45, 7) is -8.59. The van der Waals surface area contributed by atoms with Crippen molar-refractivity contribution in [1.29, 1.82) is 0 Å². The molecule has 0 radical (unpaired) electrons. The van der Waals surface area contributed by atoms with Crippen LogP contribution in [-0.2, 0) is 5.41 Å². The van der Waals surface area contributed by atoms with Gasteiger partial charge in [0.2, 0.25) is 0 Å². The third-order valence-electron chi connectivity index (χ3n) is 8.99. The first-order chi connectivity index (χ1) is 45.2. The molecule has 276 valence electrons. The predicted octanol–water partition coefficient (Wildman–Crippen LogP) is 15.5. The Bertz CT molecular complexity index is 4930. The molecule has 9 aromatic carbocycles. The molecule has 3 heteroatoms. The Balaban J connectivity index is 1.36. The fourth-order valence-corrected chi connectivity index (χ4v) is 6.50. The molecule has 0 atom stereocenters. The summed E-state index contributed by atoms with van der Waals surface area (Å²) in [5.41, 5.74) is -21.1. The Kier molecular flexibility index (Phi) is 2.85. The predicted molar refractivity (Wildman–Crippen MR) is 242 cm³/mol. The van der Waals surface area contributed by atoms with Crippen LogP contribution in [0.15, 0.2) is 205 Å². The minimum atomic E-state index is -4.29. The maximum atomic E-state index is 10.00. The van der Waals surface area contributed by atoms with Crippen molar-refractivity contribution in [3.63, 3.8) is 0 Å². The maximum absolute atomic E-state index is 10.00. The Hall–Kier alpha value is -7.36. The smallest absolute Gasteiger partial charge is 0.152 e. The van der Waals surface area contributed by atoms with Crippen LogP contribution in [0.3, 0.4) is 0 Å². The molecule has 3 nitrogen and oxygen atoms in total. The molecular weight excluding hydrogens is 705 g/mol. The van der Waals surface area contributed by atoms with Crippen molar-refractivity contribution < 1.29 is 59.6 Å². The van der Waals surface area contributed by atoms with E-state index in [9.17, 15) is 32.9 Å². The summed E-state index contributed by atoms with van der Waals surface area (Å²) in [5, 5.41) is -1.58. The van der Waals surface area contributed by atoms with E-state index in [1.807, 2.05) is 0 Å². The highest BCUT2D eigenvalue weighted by molar-refractivity contribution is 6.07. The van der Waals surface area contributed by atoms with Gasteiger partial charge in [0.05, 0.1) is 63.7 Å². The highest BCUT2D eigenvalue weighted by atomic mass is 16.5. The largest absolute Gasteiger partial charge is 0.453 e. The van der Waals surface area contributed by atoms with E-state index < -0.39 is 325 Å². The summed E-state index contributed by atoms with van der Waals surface area (Å²) in [6.07, 6.45) is 0. The molecule has 58 heavy (non-hydrogen) atoms. The number of para-hydroxylation sites is 1. The topological polar surface area (TPSA) is 15.7 Å². The van der Waals surface area contributed by atoms with Gasteiger partial charge in [0, 0.05) is 36.1 Å². The van der Waals surface area contributed by atoms with E-state index in [4.69, 9.17) is 26.7 Å². The lowest BCUT2D eigenvalue weighted by molar-refractivity contribution is 0.472. The fourth-order valence-electron chi connectivity index (χ4n) is 6.50. The van der Waals surface area contributed by atoms with Crippen LogP contribution < -0.4 is 14.5 Å². The van der Waals surface area contributed by atoms with E-state index in [0.29, 0.717) is 4.90 Å². The molecule has 0 aliphatic carbocycles. The van der Waals surface area contributed by atoms with Crippen LogP contribution in [0.1, 0.15) is 79.7 Å². The quantitative estimate of drug-likeness (QED) is 0.167. The maximum Gasteiger partial charge on any atom is 0.152 e. The van der Waals surface area contributed by atoms with Crippen molar-refractivity contribution in [2.75, 3.05) is 9.80 Å². The van der Waals surface area contributed by atoms with Gasteiger partial charge in [-0.2, -0.15) is 0 Å². The Labute approximate surface area is 395 Å². The molecule has 0 amide bonds. The molecule has 11 rings (SSSR count). The molecule has 0 bridgehead atoms. The number of rotatable bonds is 6.